The molecule has 0 unspecified atom stereocenters. The maximum atomic E-state index is 12.1. The molecule has 5 nitrogen and oxygen atoms in total. The maximum absolute atomic E-state index is 12.1. The zero-order chi connectivity index (χ0) is 14.0. The smallest absolute Gasteiger partial charge is 0.227 e. The van der Waals surface area contributed by atoms with Crippen LogP contribution in [-0.2, 0) is 21.2 Å². The van der Waals surface area contributed by atoms with Crippen molar-refractivity contribution in [3.63, 3.8) is 0 Å². The summed E-state index contributed by atoms with van der Waals surface area (Å²) in [5.41, 5.74) is 0. The van der Waals surface area contributed by atoms with Gasteiger partial charge in [-0.25, -0.2) is 8.42 Å². The molecule has 0 atom stereocenters. The predicted molar refractivity (Wildman–Crippen MR) is 78.7 cm³/mol. The van der Waals surface area contributed by atoms with Crippen LogP contribution in [0.5, 0.6) is 0 Å². The fourth-order valence-corrected chi connectivity index (χ4v) is 4.28. The molecule has 1 saturated heterocycles. The zero-order valence-corrected chi connectivity index (χ0v) is 13.7. The number of carbonyl (C=O) groups is 1. The lowest BCUT2D eigenvalue weighted by molar-refractivity contribution is -0.131. The van der Waals surface area contributed by atoms with Crippen molar-refractivity contribution < 1.29 is 13.2 Å². The molecule has 2 rings (SSSR count). The molecule has 0 bridgehead atoms. The topological polar surface area (TPSA) is 57.7 Å². The average Bonchev–Trinajstić information content (AvgIpc) is 2.74. The third-order valence-corrected chi connectivity index (χ3v) is 5.94. The summed E-state index contributed by atoms with van der Waals surface area (Å²) < 4.78 is 25.2. The number of amides is 1. The van der Waals surface area contributed by atoms with Crippen molar-refractivity contribution in [3.05, 3.63) is 20.8 Å². The number of thiophene rings is 1. The molecule has 1 aliphatic rings. The summed E-state index contributed by atoms with van der Waals surface area (Å²) in [5, 5.41) is 0. The van der Waals surface area contributed by atoms with Gasteiger partial charge in [0, 0.05) is 31.1 Å². The summed E-state index contributed by atoms with van der Waals surface area (Å²) in [4.78, 5) is 14.8. The monoisotopic (exact) mass is 366 g/mol. The van der Waals surface area contributed by atoms with Gasteiger partial charge in [0.1, 0.15) is 0 Å². The largest absolute Gasteiger partial charge is 0.340 e. The Morgan fingerprint density at radius 1 is 1.32 bits per heavy atom. The van der Waals surface area contributed by atoms with E-state index in [4.69, 9.17) is 0 Å². The van der Waals surface area contributed by atoms with Crippen LogP contribution in [0.1, 0.15) is 4.88 Å². The molecule has 19 heavy (non-hydrogen) atoms. The first-order chi connectivity index (χ1) is 8.86. The van der Waals surface area contributed by atoms with Crippen LogP contribution < -0.4 is 0 Å². The van der Waals surface area contributed by atoms with Crippen molar-refractivity contribution in [2.24, 2.45) is 0 Å². The average molecular weight is 367 g/mol. The minimum absolute atomic E-state index is 0.0579. The highest BCUT2D eigenvalue weighted by Gasteiger charge is 2.26. The first-order valence-electron chi connectivity index (χ1n) is 5.83. The summed E-state index contributed by atoms with van der Waals surface area (Å²) in [6.07, 6.45) is 1.59. The Labute approximate surface area is 125 Å². The SMILES string of the molecule is CS(=O)(=O)N1CCN(C(=O)Cc2ccc(Br)s2)CC1. The summed E-state index contributed by atoms with van der Waals surface area (Å²) >= 11 is 4.92. The second kappa shape index (κ2) is 5.90. The number of piperazine rings is 1. The highest BCUT2D eigenvalue weighted by molar-refractivity contribution is 9.11. The third-order valence-electron chi connectivity index (χ3n) is 3.01. The third kappa shape index (κ3) is 4.01. The van der Waals surface area contributed by atoms with Gasteiger partial charge in [-0.05, 0) is 28.1 Å². The Morgan fingerprint density at radius 3 is 2.42 bits per heavy atom. The molecule has 106 valence electrons. The van der Waals surface area contributed by atoms with E-state index in [1.165, 1.54) is 10.6 Å². The van der Waals surface area contributed by atoms with Crippen molar-refractivity contribution >= 4 is 43.2 Å². The number of hydrogen-bond donors (Lipinski definition) is 0. The van der Waals surface area contributed by atoms with E-state index in [2.05, 4.69) is 15.9 Å². The molecule has 0 aromatic carbocycles. The van der Waals surface area contributed by atoms with E-state index in [-0.39, 0.29) is 5.91 Å². The van der Waals surface area contributed by atoms with Gasteiger partial charge >= 0.3 is 0 Å². The van der Waals surface area contributed by atoms with Crippen LogP contribution in [0.4, 0.5) is 0 Å². The lowest BCUT2D eigenvalue weighted by Crippen LogP contribution is -2.50. The molecule has 1 fully saturated rings. The van der Waals surface area contributed by atoms with Gasteiger partial charge in [-0.3, -0.25) is 4.79 Å². The van der Waals surface area contributed by atoms with E-state index in [1.807, 2.05) is 12.1 Å². The van der Waals surface area contributed by atoms with Crippen molar-refractivity contribution in [3.8, 4) is 0 Å². The van der Waals surface area contributed by atoms with Crippen molar-refractivity contribution in [1.29, 1.82) is 0 Å². The number of hydrogen-bond acceptors (Lipinski definition) is 4. The molecule has 1 aromatic heterocycles. The number of rotatable bonds is 3. The molecule has 1 amide bonds. The predicted octanol–water partition coefficient (Wildman–Crippen LogP) is 1.16. The molecule has 0 spiro atoms. The van der Waals surface area contributed by atoms with Crippen molar-refractivity contribution in [2.75, 3.05) is 32.4 Å². The maximum Gasteiger partial charge on any atom is 0.227 e. The fourth-order valence-electron chi connectivity index (χ4n) is 1.98. The van der Waals surface area contributed by atoms with E-state index < -0.39 is 10.0 Å². The van der Waals surface area contributed by atoms with Gasteiger partial charge in [0.05, 0.1) is 16.5 Å². The van der Waals surface area contributed by atoms with E-state index in [9.17, 15) is 13.2 Å². The molecule has 8 heteroatoms. The highest BCUT2D eigenvalue weighted by Crippen LogP contribution is 2.23. The molecule has 0 saturated carbocycles. The Bertz CT molecular complexity index is 562. The minimum Gasteiger partial charge on any atom is -0.340 e. The zero-order valence-electron chi connectivity index (χ0n) is 10.5. The summed E-state index contributed by atoms with van der Waals surface area (Å²) in [6.45, 7) is 1.72. The quantitative estimate of drug-likeness (QED) is 0.806. The lowest BCUT2D eigenvalue weighted by atomic mass is 10.3. The highest BCUT2D eigenvalue weighted by atomic mass is 79.9. The Hall–Kier alpha value is -0.440. The van der Waals surface area contributed by atoms with Gasteiger partial charge in [0.2, 0.25) is 15.9 Å². The molecule has 0 radical (unpaired) electrons. The van der Waals surface area contributed by atoms with Crippen LogP contribution in [0.15, 0.2) is 15.9 Å². The molecular formula is C11H15BrN2O3S2. The minimum atomic E-state index is -3.14. The Balaban J connectivity index is 1.89. The summed E-state index contributed by atoms with van der Waals surface area (Å²) in [6, 6.07) is 3.86. The van der Waals surface area contributed by atoms with E-state index in [0.29, 0.717) is 32.6 Å². The number of nitrogens with zero attached hydrogens (tertiary/aromatic N) is 2. The van der Waals surface area contributed by atoms with Gasteiger partial charge in [-0.2, -0.15) is 4.31 Å². The molecule has 0 aliphatic carbocycles. The Morgan fingerprint density at radius 2 is 1.95 bits per heavy atom. The number of sulfonamides is 1. The normalized spacial score (nSPS) is 17.7. The summed E-state index contributed by atoms with van der Waals surface area (Å²) in [7, 11) is -3.14. The molecular weight excluding hydrogens is 352 g/mol. The molecule has 2 heterocycles. The van der Waals surface area contributed by atoms with Gasteiger partial charge in [0.15, 0.2) is 0 Å². The molecule has 0 N–H and O–H groups in total. The van der Waals surface area contributed by atoms with Crippen LogP contribution in [0, 0.1) is 0 Å². The fraction of sp³-hybridized carbons (Fsp3) is 0.545. The van der Waals surface area contributed by atoms with E-state index >= 15 is 0 Å². The molecule has 1 aromatic rings. The first-order valence-corrected chi connectivity index (χ1v) is 9.29. The van der Waals surface area contributed by atoms with Crippen molar-refractivity contribution in [1.82, 2.24) is 9.21 Å². The number of halogens is 1. The van der Waals surface area contributed by atoms with Crippen LogP contribution in [0.2, 0.25) is 0 Å². The number of carbonyl (C=O) groups excluding carboxylic acids is 1. The van der Waals surface area contributed by atoms with E-state index in [1.54, 1.807) is 16.2 Å². The molecule has 1 aliphatic heterocycles. The van der Waals surface area contributed by atoms with Gasteiger partial charge in [-0.15, -0.1) is 11.3 Å². The summed E-state index contributed by atoms with van der Waals surface area (Å²) in [5.74, 6) is 0.0579. The van der Waals surface area contributed by atoms with Gasteiger partial charge in [0.25, 0.3) is 0 Å². The lowest BCUT2D eigenvalue weighted by Gasteiger charge is -2.33. The second-order valence-corrected chi connectivity index (χ2v) is 8.96. The van der Waals surface area contributed by atoms with Crippen LogP contribution in [0.3, 0.4) is 0 Å². The second-order valence-electron chi connectivity index (χ2n) is 4.43. The van der Waals surface area contributed by atoms with Crippen LogP contribution >= 0.6 is 27.3 Å². The first kappa shape index (κ1) is 15.0. The van der Waals surface area contributed by atoms with Crippen LogP contribution in [0.25, 0.3) is 0 Å². The van der Waals surface area contributed by atoms with Crippen LogP contribution in [-0.4, -0.2) is 56.0 Å². The van der Waals surface area contributed by atoms with Gasteiger partial charge in [-0.1, -0.05) is 0 Å². The Kier molecular flexibility index (Phi) is 4.65. The van der Waals surface area contributed by atoms with Gasteiger partial charge < -0.3 is 4.90 Å². The van der Waals surface area contributed by atoms with E-state index in [0.717, 1.165) is 8.66 Å². The standard InChI is InChI=1S/C11H15BrN2O3S2/c1-19(16,17)14-6-4-13(5-7-14)11(15)8-9-2-3-10(12)18-9/h2-3H,4-8H2,1H3. The van der Waals surface area contributed by atoms with Crippen molar-refractivity contribution in [2.45, 2.75) is 6.42 Å².